The zero-order valence-corrected chi connectivity index (χ0v) is 19.2. The maximum atomic E-state index is 12.5. The summed E-state index contributed by atoms with van der Waals surface area (Å²) >= 11 is 0. The molecular weight excluding hydrogens is 436 g/mol. The van der Waals surface area contributed by atoms with Gasteiger partial charge >= 0.3 is 12.1 Å². The standard InChI is InChI=1S/C26H30N2O6/c1-33-15-23(25(30)31)28-24(29)13-16-10-11-17(12-16)27-26(32)34-14-22-20-8-4-2-6-18(20)19-7-3-5-9-21(19)22/h2-9,16-17,22-23H,10-15H2,1H3,(H,27,32)(H,28,29)(H,30,31). The Morgan fingerprint density at radius 1 is 1.03 bits per heavy atom. The third kappa shape index (κ3) is 5.39. The number of fused-ring (bicyclic) bond motifs is 3. The quantitative estimate of drug-likeness (QED) is 0.523. The molecule has 34 heavy (non-hydrogen) atoms. The summed E-state index contributed by atoms with van der Waals surface area (Å²) in [6.07, 6.45) is 1.95. The van der Waals surface area contributed by atoms with E-state index in [4.69, 9.17) is 14.6 Å². The first kappa shape index (κ1) is 23.8. The molecule has 0 aliphatic heterocycles. The predicted octanol–water partition coefficient (Wildman–Crippen LogP) is 3.30. The van der Waals surface area contributed by atoms with Gasteiger partial charge in [0, 0.05) is 25.5 Å². The molecule has 1 saturated carbocycles. The molecule has 2 aromatic rings. The average Bonchev–Trinajstić information content (AvgIpc) is 3.39. The highest BCUT2D eigenvalue weighted by molar-refractivity contribution is 5.83. The van der Waals surface area contributed by atoms with Gasteiger partial charge in [-0.25, -0.2) is 9.59 Å². The Labute approximate surface area is 198 Å². The van der Waals surface area contributed by atoms with Crippen molar-refractivity contribution in [3.8, 4) is 11.1 Å². The van der Waals surface area contributed by atoms with Crippen LogP contribution in [0.4, 0.5) is 4.79 Å². The topological polar surface area (TPSA) is 114 Å². The first-order chi connectivity index (χ1) is 16.5. The van der Waals surface area contributed by atoms with Crippen molar-refractivity contribution in [1.82, 2.24) is 10.6 Å². The summed E-state index contributed by atoms with van der Waals surface area (Å²) in [5.74, 6) is -1.36. The van der Waals surface area contributed by atoms with Crippen molar-refractivity contribution >= 4 is 18.0 Å². The summed E-state index contributed by atoms with van der Waals surface area (Å²) in [4.78, 5) is 35.9. The van der Waals surface area contributed by atoms with Crippen molar-refractivity contribution in [2.75, 3.05) is 20.3 Å². The third-order valence-corrected chi connectivity index (χ3v) is 6.65. The first-order valence-corrected chi connectivity index (χ1v) is 11.6. The molecule has 3 unspecified atom stereocenters. The number of amides is 2. The maximum absolute atomic E-state index is 12.5. The van der Waals surface area contributed by atoms with Crippen LogP contribution in [0.1, 0.15) is 42.7 Å². The molecule has 0 heterocycles. The van der Waals surface area contributed by atoms with Gasteiger partial charge < -0.3 is 25.2 Å². The van der Waals surface area contributed by atoms with Crippen molar-refractivity contribution < 1.29 is 29.0 Å². The van der Waals surface area contributed by atoms with Gasteiger partial charge in [0.15, 0.2) is 6.04 Å². The van der Waals surface area contributed by atoms with Crippen molar-refractivity contribution in [2.24, 2.45) is 5.92 Å². The molecule has 2 aliphatic carbocycles. The number of carbonyl (C=O) groups excluding carboxylic acids is 2. The van der Waals surface area contributed by atoms with Gasteiger partial charge in [-0.3, -0.25) is 4.79 Å². The molecule has 0 radical (unpaired) electrons. The summed E-state index contributed by atoms with van der Waals surface area (Å²) in [6, 6.07) is 15.3. The molecule has 4 rings (SSSR count). The van der Waals surface area contributed by atoms with Gasteiger partial charge in [-0.2, -0.15) is 0 Å². The SMILES string of the molecule is COCC(NC(=O)CC1CCC(NC(=O)OCC2c3ccccc3-c3ccccc32)C1)C(=O)O. The number of benzene rings is 2. The monoisotopic (exact) mass is 466 g/mol. The van der Waals surface area contributed by atoms with E-state index >= 15 is 0 Å². The number of hydrogen-bond acceptors (Lipinski definition) is 5. The molecule has 1 fully saturated rings. The lowest BCUT2D eigenvalue weighted by Gasteiger charge is -2.17. The van der Waals surface area contributed by atoms with Crippen LogP contribution in [0, 0.1) is 5.92 Å². The molecule has 0 saturated heterocycles. The highest BCUT2D eigenvalue weighted by atomic mass is 16.5. The van der Waals surface area contributed by atoms with E-state index in [9.17, 15) is 14.4 Å². The number of rotatable bonds is 9. The summed E-state index contributed by atoms with van der Waals surface area (Å²) in [7, 11) is 1.39. The molecule has 0 aromatic heterocycles. The lowest BCUT2D eigenvalue weighted by molar-refractivity contribution is -0.143. The Balaban J connectivity index is 1.25. The number of methoxy groups -OCH3 is 1. The number of carboxylic acids is 1. The van der Waals surface area contributed by atoms with E-state index in [1.807, 2.05) is 24.3 Å². The van der Waals surface area contributed by atoms with Gasteiger partial charge in [0.05, 0.1) is 6.61 Å². The van der Waals surface area contributed by atoms with E-state index in [1.54, 1.807) is 0 Å². The fourth-order valence-electron chi connectivity index (χ4n) is 5.05. The van der Waals surface area contributed by atoms with E-state index in [0.29, 0.717) is 6.42 Å². The number of ether oxygens (including phenoxy) is 2. The zero-order chi connectivity index (χ0) is 24.1. The van der Waals surface area contributed by atoms with Crippen LogP contribution < -0.4 is 10.6 Å². The van der Waals surface area contributed by atoms with Crippen molar-refractivity contribution in [2.45, 2.75) is 43.7 Å². The number of carbonyl (C=O) groups is 3. The van der Waals surface area contributed by atoms with E-state index in [0.717, 1.165) is 24.0 Å². The van der Waals surface area contributed by atoms with E-state index in [-0.39, 0.29) is 43.4 Å². The first-order valence-electron chi connectivity index (χ1n) is 11.6. The number of aliphatic carboxylic acids is 1. The number of carboxylic acid groups (broad SMARTS) is 1. The second-order valence-electron chi connectivity index (χ2n) is 8.96. The largest absolute Gasteiger partial charge is 0.480 e. The minimum Gasteiger partial charge on any atom is -0.480 e. The van der Waals surface area contributed by atoms with Crippen molar-refractivity contribution in [1.29, 1.82) is 0 Å². The van der Waals surface area contributed by atoms with E-state index < -0.39 is 18.1 Å². The van der Waals surface area contributed by atoms with Crippen LogP contribution in [-0.4, -0.2) is 55.5 Å². The highest BCUT2D eigenvalue weighted by Crippen LogP contribution is 2.44. The van der Waals surface area contributed by atoms with E-state index in [1.165, 1.54) is 18.2 Å². The minimum absolute atomic E-state index is 0.00690. The van der Waals surface area contributed by atoms with Crippen molar-refractivity contribution in [3.05, 3.63) is 59.7 Å². The Hall–Kier alpha value is -3.39. The molecule has 2 aromatic carbocycles. The number of nitrogens with one attached hydrogen (secondary N) is 2. The molecule has 0 spiro atoms. The molecular formula is C26H30N2O6. The van der Waals surface area contributed by atoms with Crippen LogP contribution in [0.5, 0.6) is 0 Å². The molecule has 180 valence electrons. The molecule has 0 bridgehead atoms. The Morgan fingerprint density at radius 3 is 2.29 bits per heavy atom. The highest BCUT2D eigenvalue weighted by Gasteiger charge is 2.31. The smallest absolute Gasteiger partial charge is 0.407 e. The lowest BCUT2D eigenvalue weighted by Crippen LogP contribution is -2.44. The summed E-state index contributed by atoms with van der Waals surface area (Å²) in [6.45, 7) is 0.173. The van der Waals surface area contributed by atoms with Gasteiger partial charge in [0.1, 0.15) is 6.61 Å². The summed E-state index contributed by atoms with van der Waals surface area (Å²) < 4.78 is 10.5. The summed E-state index contributed by atoms with van der Waals surface area (Å²) in [5.41, 5.74) is 4.69. The van der Waals surface area contributed by atoms with Crippen LogP contribution in [-0.2, 0) is 19.1 Å². The zero-order valence-electron chi connectivity index (χ0n) is 19.2. The van der Waals surface area contributed by atoms with Gasteiger partial charge in [0.25, 0.3) is 0 Å². The van der Waals surface area contributed by atoms with Crippen LogP contribution in [0.2, 0.25) is 0 Å². The van der Waals surface area contributed by atoms with Gasteiger partial charge in [-0.05, 0) is 47.4 Å². The minimum atomic E-state index is -1.13. The molecule has 3 atom stereocenters. The molecule has 3 N–H and O–H groups in total. The predicted molar refractivity (Wildman–Crippen MR) is 125 cm³/mol. The van der Waals surface area contributed by atoms with Gasteiger partial charge in [-0.15, -0.1) is 0 Å². The maximum Gasteiger partial charge on any atom is 0.407 e. The molecule has 2 aliphatic rings. The second-order valence-corrected chi connectivity index (χ2v) is 8.96. The fraction of sp³-hybridized carbons (Fsp3) is 0.423. The molecule has 8 nitrogen and oxygen atoms in total. The molecule has 8 heteroatoms. The summed E-state index contributed by atoms with van der Waals surface area (Å²) in [5, 5.41) is 14.6. The number of hydrogen-bond donors (Lipinski definition) is 3. The van der Waals surface area contributed by atoms with Crippen LogP contribution in [0.25, 0.3) is 11.1 Å². The Bertz CT molecular complexity index is 1010. The van der Waals surface area contributed by atoms with Crippen molar-refractivity contribution in [3.63, 3.8) is 0 Å². The normalized spacial score (nSPS) is 19.7. The third-order valence-electron chi connectivity index (χ3n) is 6.65. The van der Waals surface area contributed by atoms with Crippen LogP contribution in [0.15, 0.2) is 48.5 Å². The second kappa shape index (κ2) is 10.7. The lowest BCUT2D eigenvalue weighted by atomic mass is 9.98. The van der Waals surface area contributed by atoms with Gasteiger partial charge in [0.2, 0.25) is 5.91 Å². The van der Waals surface area contributed by atoms with Crippen LogP contribution in [0.3, 0.4) is 0 Å². The fourth-order valence-corrected chi connectivity index (χ4v) is 5.05. The Morgan fingerprint density at radius 2 is 1.68 bits per heavy atom. The van der Waals surface area contributed by atoms with Gasteiger partial charge in [-0.1, -0.05) is 48.5 Å². The number of alkyl carbamates (subject to hydrolysis) is 1. The average molecular weight is 467 g/mol. The van der Waals surface area contributed by atoms with Crippen LogP contribution >= 0.6 is 0 Å². The molecule has 2 amide bonds. The van der Waals surface area contributed by atoms with E-state index in [2.05, 4.69) is 34.9 Å². The Kier molecular flexibility index (Phi) is 7.47.